The van der Waals surface area contributed by atoms with Gasteiger partial charge in [0.1, 0.15) is 5.82 Å². The molecule has 0 aliphatic rings. The predicted molar refractivity (Wildman–Crippen MR) is 129 cm³/mol. The molecule has 0 bridgehead atoms. The van der Waals surface area contributed by atoms with Crippen molar-refractivity contribution in [3.8, 4) is 11.4 Å². The quantitative estimate of drug-likeness (QED) is 0.356. The molecule has 0 radical (unpaired) electrons. The standard InChI is InChI=1S/C27H28N4/c28-24-16-14-23(15-17-24)27-30-25(13-7-12-21-8-3-1-4-9-21)20-26(31-27)29-19-18-22-10-5-2-6-11-22/h1-6,8-11,14-17,20H,7,12-13,18-19,28H2,(H,29,30,31). The zero-order valence-corrected chi connectivity index (χ0v) is 17.7. The van der Waals surface area contributed by atoms with Crippen LogP contribution in [0.2, 0.25) is 0 Å². The third-order valence-electron chi connectivity index (χ3n) is 5.25. The summed E-state index contributed by atoms with van der Waals surface area (Å²) in [6.45, 7) is 0.825. The van der Waals surface area contributed by atoms with Crippen LogP contribution in [0.3, 0.4) is 0 Å². The lowest BCUT2D eigenvalue weighted by Crippen LogP contribution is -2.08. The molecule has 4 nitrogen and oxygen atoms in total. The third kappa shape index (κ3) is 6.16. The summed E-state index contributed by atoms with van der Waals surface area (Å²) >= 11 is 0. The van der Waals surface area contributed by atoms with E-state index in [4.69, 9.17) is 15.7 Å². The van der Waals surface area contributed by atoms with E-state index in [9.17, 15) is 0 Å². The van der Waals surface area contributed by atoms with E-state index in [1.54, 1.807) is 0 Å². The Morgan fingerprint density at radius 3 is 2.00 bits per heavy atom. The van der Waals surface area contributed by atoms with Gasteiger partial charge in [-0.15, -0.1) is 0 Å². The summed E-state index contributed by atoms with van der Waals surface area (Å²) in [6.07, 6.45) is 3.95. The number of aromatic nitrogens is 2. The SMILES string of the molecule is Nc1ccc(-c2nc(CCCc3ccccc3)cc(NCCc3ccccc3)n2)cc1. The van der Waals surface area contributed by atoms with Gasteiger partial charge in [0.2, 0.25) is 0 Å². The van der Waals surface area contributed by atoms with E-state index in [0.717, 1.165) is 60.8 Å². The van der Waals surface area contributed by atoms with Crippen LogP contribution in [0.1, 0.15) is 23.2 Å². The summed E-state index contributed by atoms with van der Waals surface area (Å²) in [7, 11) is 0. The molecule has 4 aromatic rings. The monoisotopic (exact) mass is 408 g/mol. The average molecular weight is 409 g/mol. The van der Waals surface area contributed by atoms with E-state index >= 15 is 0 Å². The zero-order chi connectivity index (χ0) is 21.3. The number of hydrogen-bond acceptors (Lipinski definition) is 4. The van der Waals surface area contributed by atoms with Gasteiger partial charge >= 0.3 is 0 Å². The van der Waals surface area contributed by atoms with Gasteiger partial charge in [0.15, 0.2) is 5.82 Å². The maximum absolute atomic E-state index is 5.85. The van der Waals surface area contributed by atoms with Crippen LogP contribution in [0.25, 0.3) is 11.4 Å². The fourth-order valence-corrected chi connectivity index (χ4v) is 3.58. The number of nitrogen functional groups attached to an aromatic ring is 1. The van der Waals surface area contributed by atoms with Gasteiger partial charge in [-0.3, -0.25) is 0 Å². The molecule has 0 fully saturated rings. The van der Waals surface area contributed by atoms with Crippen molar-refractivity contribution in [3.05, 3.63) is 108 Å². The molecule has 4 heteroatoms. The molecule has 3 N–H and O–H groups in total. The van der Waals surface area contributed by atoms with Gasteiger partial charge in [0, 0.05) is 29.6 Å². The molecule has 1 aromatic heterocycles. The van der Waals surface area contributed by atoms with Crippen LogP contribution in [0, 0.1) is 0 Å². The number of nitrogens with two attached hydrogens (primary N) is 1. The summed E-state index contributed by atoms with van der Waals surface area (Å²) in [5.41, 5.74) is 11.3. The molecule has 0 saturated heterocycles. The highest BCUT2D eigenvalue weighted by Crippen LogP contribution is 2.20. The number of hydrogen-bond donors (Lipinski definition) is 2. The molecule has 0 spiro atoms. The number of nitrogens with zero attached hydrogens (tertiary/aromatic N) is 2. The largest absolute Gasteiger partial charge is 0.399 e. The predicted octanol–water partition coefficient (Wildman–Crippen LogP) is 5.56. The van der Waals surface area contributed by atoms with Crippen molar-refractivity contribution in [2.24, 2.45) is 0 Å². The van der Waals surface area contributed by atoms with Crippen molar-refractivity contribution < 1.29 is 0 Å². The second-order valence-corrected chi connectivity index (χ2v) is 7.69. The Morgan fingerprint density at radius 1 is 0.677 bits per heavy atom. The Balaban J connectivity index is 1.48. The lowest BCUT2D eigenvalue weighted by atomic mass is 10.1. The third-order valence-corrected chi connectivity index (χ3v) is 5.25. The Morgan fingerprint density at radius 2 is 1.32 bits per heavy atom. The Kier molecular flexibility index (Phi) is 6.91. The highest BCUT2D eigenvalue weighted by atomic mass is 15.0. The summed E-state index contributed by atoms with van der Waals surface area (Å²) in [4.78, 5) is 9.61. The van der Waals surface area contributed by atoms with Crippen LogP contribution in [0.15, 0.2) is 91.0 Å². The lowest BCUT2D eigenvalue weighted by molar-refractivity contribution is 0.796. The summed E-state index contributed by atoms with van der Waals surface area (Å²) in [5, 5.41) is 3.49. The van der Waals surface area contributed by atoms with Gasteiger partial charge in [-0.25, -0.2) is 9.97 Å². The number of nitrogens with one attached hydrogen (secondary N) is 1. The number of rotatable bonds is 9. The summed E-state index contributed by atoms with van der Waals surface area (Å²) in [6, 6.07) is 30.9. The van der Waals surface area contributed by atoms with E-state index < -0.39 is 0 Å². The molecule has 0 atom stereocenters. The fraction of sp³-hybridized carbons (Fsp3) is 0.185. The molecular formula is C27H28N4. The minimum atomic E-state index is 0.736. The van der Waals surface area contributed by atoms with Crippen molar-refractivity contribution in [2.45, 2.75) is 25.7 Å². The van der Waals surface area contributed by atoms with E-state index in [2.05, 4.69) is 66.0 Å². The molecule has 1 heterocycles. The first kappa shape index (κ1) is 20.6. The van der Waals surface area contributed by atoms with Gasteiger partial charge in [-0.05, 0) is 61.1 Å². The van der Waals surface area contributed by atoms with Crippen LogP contribution in [-0.2, 0) is 19.3 Å². The van der Waals surface area contributed by atoms with E-state index in [0.29, 0.717) is 0 Å². The Bertz CT molecular complexity index is 1010. The van der Waals surface area contributed by atoms with Crippen molar-refractivity contribution in [1.82, 2.24) is 9.97 Å². The van der Waals surface area contributed by atoms with E-state index in [-0.39, 0.29) is 0 Å². The molecule has 4 rings (SSSR count). The highest BCUT2D eigenvalue weighted by Gasteiger charge is 2.08. The molecule has 31 heavy (non-hydrogen) atoms. The van der Waals surface area contributed by atoms with Gasteiger partial charge in [0.05, 0.1) is 0 Å². The number of aryl methyl sites for hydroxylation is 2. The van der Waals surface area contributed by atoms with Crippen molar-refractivity contribution in [1.29, 1.82) is 0 Å². The maximum Gasteiger partial charge on any atom is 0.161 e. The second-order valence-electron chi connectivity index (χ2n) is 7.69. The average Bonchev–Trinajstić information content (AvgIpc) is 2.81. The molecule has 3 aromatic carbocycles. The first-order valence-corrected chi connectivity index (χ1v) is 10.8. The smallest absolute Gasteiger partial charge is 0.161 e. The van der Waals surface area contributed by atoms with Gasteiger partial charge in [-0.2, -0.15) is 0 Å². The molecule has 0 aliphatic heterocycles. The topological polar surface area (TPSA) is 63.8 Å². The zero-order valence-electron chi connectivity index (χ0n) is 17.7. The first-order valence-electron chi connectivity index (χ1n) is 10.8. The van der Waals surface area contributed by atoms with Crippen LogP contribution in [0.4, 0.5) is 11.5 Å². The van der Waals surface area contributed by atoms with Crippen LogP contribution in [0.5, 0.6) is 0 Å². The number of benzene rings is 3. The van der Waals surface area contributed by atoms with Gasteiger partial charge in [0.25, 0.3) is 0 Å². The molecule has 0 saturated carbocycles. The van der Waals surface area contributed by atoms with Gasteiger partial charge in [-0.1, -0.05) is 60.7 Å². The normalized spacial score (nSPS) is 10.7. The van der Waals surface area contributed by atoms with Crippen LogP contribution >= 0.6 is 0 Å². The summed E-state index contributed by atoms with van der Waals surface area (Å²) < 4.78 is 0. The maximum atomic E-state index is 5.85. The second kappa shape index (κ2) is 10.4. The molecule has 0 aliphatic carbocycles. The lowest BCUT2D eigenvalue weighted by Gasteiger charge is -2.11. The number of anilines is 2. The first-order chi connectivity index (χ1) is 15.3. The minimum Gasteiger partial charge on any atom is -0.399 e. The van der Waals surface area contributed by atoms with Gasteiger partial charge < -0.3 is 11.1 Å². The highest BCUT2D eigenvalue weighted by molar-refractivity contribution is 5.60. The van der Waals surface area contributed by atoms with Crippen LogP contribution < -0.4 is 11.1 Å². The Hall–Kier alpha value is -3.66. The van der Waals surface area contributed by atoms with Crippen molar-refractivity contribution in [3.63, 3.8) is 0 Å². The molecule has 0 amide bonds. The van der Waals surface area contributed by atoms with Crippen molar-refractivity contribution in [2.75, 3.05) is 17.6 Å². The summed E-state index contributed by atoms with van der Waals surface area (Å²) in [5.74, 6) is 1.60. The van der Waals surface area contributed by atoms with Crippen molar-refractivity contribution >= 4 is 11.5 Å². The minimum absolute atomic E-state index is 0.736. The van der Waals surface area contributed by atoms with E-state index in [1.165, 1.54) is 11.1 Å². The van der Waals surface area contributed by atoms with Crippen LogP contribution in [-0.4, -0.2) is 16.5 Å². The fourth-order valence-electron chi connectivity index (χ4n) is 3.58. The Labute approximate surface area is 184 Å². The molecule has 0 unspecified atom stereocenters. The molecule has 156 valence electrons. The van der Waals surface area contributed by atoms with E-state index in [1.807, 2.05) is 30.3 Å². The molecular weight excluding hydrogens is 380 g/mol.